The third kappa shape index (κ3) is 1.10. The number of carbonyl (C=O) groups is 1. The van der Waals surface area contributed by atoms with Gasteiger partial charge in [0.2, 0.25) is 5.91 Å². The van der Waals surface area contributed by atoms with Crippen LogP contribution in [0, 0.1) is 11.8 Å². The first kappa shape index (κ1) is 7.80. The number of nitrogens with one attached hydrogen (secondary N) is 1. The molecule has 4 unspecified atom stereocenters. The molecule has 1 N–H and O–H groups in total. The summed E-state index contributed by atoms with van der Waals surface area (Å²) in [7, 11) is 0. The zero-order valence-electron chi connectivity index (χ0n) is 7.82. The number of epoxide rings is 1. The lowest BCUT2D eigenvalue weighted by Crippen LogP contribution is -2.36. The molecule has 0 aromatic rings. The summed E-state index contributed by atoms with van der Waals surface area (Å²) in [6.07, 6.45) is 4.69. The second-order valence-electron chi connectivity index (χ2n) is 4.59. The van der Waals surface area contributed by atoms with Crippen molar-refractivity contribution in [1.29, 1.82) is 0 Å². The summed E-state index contributed by atoms with van der Waals surface area (Å²) in [4.78, 5) is 10.9. The van der Waals surface area contributed by atoms with Gasteiger partial charge in [0, 0.05) is 13.0 Å². The molecule has 2 aliphatic carbocycles. The van der Waals surface area contributed by atoms with Crippen molar-refractivity contribution in [2.45, 2.75) is 44.4 Å². The smallest absolute Gasteiger partial charge is 0.217 e. The predicted octanol–water partition coefficient (Wildman–Crippen LogP) is 0.688. The SMILES string of the molecule is CC(=O)NC1CC[C@H]2C1CC1OC12. The van der Waals surface area contributed by atoms with Gasteiger partial charge in [-0.15, -0.1) is 0 Å². The molecule has 0 spiro atoms. The highest BCUT2D eigenvalue weighted by Crippen LogP contribution is 2.54. The van der Waals surface area contributed by atoms with E-state index in [1.165, 1.54) is 12.8 Å². The molecule has 0 bridgehead atoms. The summed E-state index contributed by atoms with van der Waals surface area (Å²) in [6, 6.07) is 0.443. The third-order valence-electron chi connectivity index (χ3n) is 3.81. The maximum absolute atomic E-state index is 10.9. The largest absolute Gasteiger partial charge is 0.369 e. The second-order valence-corrected chi connectivity index (χ2v) is 4.59. The van der Waals surface area contributed by atoms with E-state index < -0.39 is 0 Å². The van der Waals surface area contributed by atoms with Crippen molar-refractivity contribution >= 4 is 5.91 Å². The van der Waals surface area contributed by atoms with Crippen LogP contribution in [0.4, 0.5) is 0 Å². The molecule has 1 amide bonds. The van der Waals surface area contributed by atoms with Gasteiger partial charge >= 0.3 is 0 Å². The van der Waals surface area contributed by atoms with Crippen LogP contribution in [-0.4, -0.2) is 24.2 Å². The van der Waals surface area contributed by atoms with Gasteiger partial charge in [0.05, 0.1) is 12.2 Å². The predicted molar refractivity (Wildman–Crippen MR) is 47.1 cm³/mol. The molecule has 1 heterocycles. The molecule has 1 saturated heterocycles. The van der Waals surface area contributed by atoms with E-state index in [1.54, 1.807) is 6.92 Å². The Labute approximate surface area is 77.8 Å². The van der Waals surface area contributed by atoms with Crippen molar-refractivity contribution in [3.8, 4) is 0 Å². The highest BCUT2D eigenvalue weighted by Gasteiger charge is 2.59. The number of ether oxygens (including phenoxy) is 1. The molecule has 3 heteroatoms. The molecule has 3 rings (SSSR count). The number of fused-ring (bicyclic) bond motifs is 3. The molecule has 13 heavy (non-hydrogen) atoms. The number of hydrogen-bond donors (Lipinski definition) is 1. The summed E-state index contributed by atoms with van der Waals surface area (Å²) in [5.41, 5.74) is 0. The normalized spacial score (nSPS) is 51.3. The molecule has 5 atom stereocenters. The van der Waals surface area contributed by atoms with Crippen molar-refractivity contribution in [1.82, 2.24) is 5.32 Å². The molecule has 1 aliphatic heterocycles. The molecule has 3 nitrogen and oxygen atoms in total. The molecule has 3 aliphatic rings. The molecule has 0 radical (unpaired) electrons. The molecular formula is C10H15NO2. The minimum atomic E-state index is 0.118. The van der Waals surface area contributed by atoms with E-state index >= 15 is 0 Å². The average molecular weight is 181 g/mol. The molecule has 0 aromatic carbocycles. The third-order valence-corrected chi connectivity index (χ3v) is 3.81. The summed E-state index contributed by atoms with van der Waals surface area (Å²) < 4.78 is 5.51. The highest BCUT2D eigenvalue weighted by molar-refractivity contribution is 5.73. The van der Waals surface area contributed by atoms with Gasteiger partial charge in [0.15, 0.2) is 0 Å². The highest BCUT2D eigenvalue weighted by atomic mass is 16.6. The zero-order valence-corrected chi connectivity index (χ0v) is 7.82. The standard InChI is InChI=1S/C10H15NO2/c1-5(12)11-8-3-2-6-7(8)4-9-10(6)13-9/h6-10H,2-4H2,1H3,(H,11,12)/t6-,7?,8?,9?,10?/m0/s1. The van der Waals surface area contributed by atoms with Crippen LogP contribution in [0.1, 0.15) is 26.2 Å². The lowest BCUT2D eigenvalue weighted by molar-refractivity contribution is -0.120. The van der Waals surface area contributed by atoms with Crippen LogP contribution < -0.4 is 5.32 Å². The Bertz CT molecular complexity index is 253. The Morgan fingerprint density at radius 1 is 1.38 bits per heavy atom. The topological polar surface area (TPSA) is 41.6 Å². The monoisotopic (exact) mass is 181 g/mol. The molecular weight excluding hydrogens is 166 g/mol. The lowest BCUT2D eigenvalue weighted by Gasteiger charge is -2.20. The average Bonchev–Trinajstić information content (AvgIpc) is 2.56. The van der Waals surface area contributed by atoms with Gasteiger partial charge in [-0.05, 0) is 31.1 Å². The van der Waals surface area contributed by atoms with Crippen LogP contribution in [0.2, 0.25) is 0 Å². The summed E-state index contributed by atoms with van der Waals surface area (Å²) in [5, 5.41) is 3.06. The van der Waals surface area contributed by atoms with Gasteiger partial charge < -0.3 is 10.1 Å². The van der Waals surface area contributed by atoms with E-state index in [0.717, 1.165) is 12.3 Å². The number of rotatable bonds is 1. The minimum absolute atomic E-state index is 0.118. The Balaban J connectivity index is 1.69. The van der Waals surface area contributed by atoms with E-state index in [0.29, 0.717) is 24.2 Å². The van der Waals surface area contributed by atoms with Crippen molar-refractivity contribution in [3.05, 3.63) is 0 Å². The molecule has 3 fully saturated rings. The van der Waals surface area contributed by atoms with Crippen LogP contribution in [0.3, 0.4) is 0 Å². The maximum Gasteiger partial charge on any atom is 0.217 e. The van der Waals surface area contributed by atoms with E-state index in [9.17, 15) is 4.79 Å². The van der Waals surface area contributed by atoms with Crippen molar-refractivity contribution in [2.24, 2.45) is 11.8 Å². The fourth-order valence-corrected chi connectivity index (χ4v) is 3.28. The van der Waals surface area contributed by atoms with E-state index in [2.05, 4.69) is 5.32 Å². The summed E-state index contributed by atoms with van der Waals surface area (Å²) in [6.45, 7) is 1.61. The zero-order chi connectivity index (χ0) is 9.00. The van der Waals surface area contributed by atoms with Crippen LogP contribution in [0.25, 0.3) is 0 Å². The van der Waals surface area contributed by atoms with Crippen LogP contribution in [-0.2, 0) is 9.53 Å². The first-order valence-electron chi connectivity index (χ1n) is 5.18. The minimum Gasteiger partial charge on any atom is -0.369 e. The van der Waals surface area contributed by atoms with Gasteiger partial charge in [-0.2, -0.15) is 0 Å². The quantitative estimate of drug-likeness (QED) is 0.605. The van der Waals surface area contributed by atoms with Crippen molar-refractivity contribution < 1.29 is 9.53 Å². The summed E-state index contributed by atoms with van der Waals surface area (Å²) >= 11 is 0. The number of amides is 1. The van der Waals surface area contributed by atoms with Gasteiger partial charge in [0.25, 0.3) is 0 Å². The fraction of sp³-hybridized carbons (Fsp3) is 0.900. The second kappa shape index (κ2) is 2.47. The Kier molecular flexibility index (Phi) is 1.48. The lowest BCUT2D eigenvalue weighted by atomic mass is 9.96. The Morgan fingerprint density at radius 2 is 2.23 bits per heavy atom. The first-order chi connectivity index (χ1) is 6.25. The van der Waals surface area contributed by atoms with Crippen molar-refractivity contribution in [2.75, 3.05) is 0 Å². The van der Waals surface area contributed by atoms with Crippen LogP contribution >= 0.6 is 0 Å². The Hall–Kier alpha value is -0.570. The van der Waals surface area contributed by atoms with Gasteiger partial charge in [0.1, 0.15) is 0 Å². The van der Waals surface area contributed by atoms with E-state index in [4.69, 9.17) is 4.74 Å². The van der Waals surface area contributed by atoms with Crippen LogP contribution in [0.5, 0.6) is 0 Å². The first-order valence-corrected chi connectivity index (χ1v) is 5.18. The summed E-state index contributed by atoms with van der Waals surface area (Å²) in [5.74, 6) is 1.58. The van der Waals surface area contributed by atoms with Gasteiger partial charge in [-0.1, -0.05) is 0 Å². The number of carbonyl (C=O) groups excluding carboxylic acids is 1. The van der Waals surface area contributed by atoms with Gasteiger partial charge in [-0.25, -0.2) is 0 Å². The fourth-order valence-electron chi connectivity index (χ4n) is 3.28. The maximum atomic E-state index is 10.9. The van der Waals surface area contributed by atoms with Crippen LogP contribution in [0.15, 0.2) is 0 Å². The van der Waals surface area contributed by atoms with Crippen molar-refractivity contribution in [3.63, 3.8) is 0 Å². The Morgan fingerprint density at radius 3 is 3.00 bits per heavy atom. The van der Waals surface area contributed by atoms with E-state index in [1.807, 2.05) is 0 Å². The molecule has 2 saturated carbocycles. The van der Waals surface area contributed by atoms with Gasteiger partial charge in [-0.3, -0.25) is 4.79 Å². The molecule has 0 aromatic heterocycles. The van der Waals surface area contributed by atoms with E-state index in [-0.39, 0.29) is 5.91 Å². The molecule has 72 valence electrons. The number of hydrogen-bond acceptors (Lipinski definition) is 2.